The maximum Gasteiger partial charge on any atom is 0.263 e. The van der Waals surface area contributed by atoms with E-state index in [0.717, 1.165) is 28.4 Å². The number of rotatable bonds is 5. The van der Waals surface area contributed by atoms with Crippen LogP contribution >= 0.6 is 22.7 Å². The molecule has 1 atom stereocenters. The summed E-state index contributed by atoms with van der Waals surface area (Å²) in [7, 11) is 0. The molecule has 20 heavy (non-hydrogen) atoms. The molecule has 1 fully saturated rings. The second kappa shape index (κ2) is 5.63. The second-order valence-corrected chi connectivity index (χ2v) is 6.97. The molecule has 1 saturated carbocycles. The summed E-state index contributed by atoms with van der Waals surface area (Å²) in [6, 6.07) is 3.98. The topological polar surface area (TPSA) is 62.2 Å². The number of aliphatic hydroxyl groups excluding tert-OH is 1. The first kappa shape index (κ1) is 13.7. The third-order valence-corrected chi connectivity index (χ3v) is 5.57. The van der Waals surface area contributed by atoms with Crippen molar-refractivity contribution in [3.05, 3.63) is 28.1 Å². The Labute approximate surface area is 125 Å². The van der Waals surface area contributed by atoms with Crippen molar-refractivity contribution in [3.63, 3.8) is 0 Å². The van der Waals surface area contributed by atoms with E-state index in [-0.39, 0.29) is 5.91 Å². The molecule has 0 saturated heterocycles. The number of thiophene rings is 1. The maximum atomic E-state index is 12.1. The predicted octanol–water partition coefficient (Wildman–Crippen LogP) is 2.68. The molecule has 106 valence electrons. The smallest absolute Gasteiger partial charge is 0.263 e. The van der Waals surface area contributed by atoms with Gasteiger partial charge < -0.3 is 10.4 Å². The van der Waals surface area contributed by atoms with Gasteiger partial charge in [0.05, 0.1) is 16.7 Å². The molecule has 2 N–H and O–H groups in total. The Balaban J connectivity index is 1.68. The zero-order valence-corrected chi connectivity index (χ0v) is 12.8. The zero-order valence-electron chi connectivity index (χ0n) is 11.1. The number of amides is 1. The van der Waals surface area contributed by atoms with Crippen LogP contribution < -0.4 is 5.32 Å². The molecule has 3 rings (SSSR count). The van der Waals surface area contributed by atoms with E-state index in [2.05, 4.69) is 10.3 Å². The van der Waals surface area contributed by atoms with Crippen LogP contribution in [-0.2, 0) is 0 Å². The number of nitrogens with one attached hydrogen (secondary N) is 1. The highest BCUT2D eigenvalue weighted by atomic mass is 32.1. The Morgan fingerprint density at radius 3 is 3.05 bits per heavy atom. The van der Waals surface area contributed by atoms with Crippen LogP contribution in [0, 0.1) is 12.8 Å². The molecule has 6 heteroatoms. The van der Waals surface area contributed by atoms with Crippen molar-refractivity contribution in [2.45, 2.75) is 25.9 Å². The number of hydrogen-bond donors (Lipinski definition) is 2. The number of aryl methyl sites for hydroxylation is 1. The summed E-state index contributed by atoms with van der Waals surface area (Å²) in [6.45, 7) is 2.18. The number of nitrogens with zero attached hydrogens (tertiary/aromatic N) is 1. The van der Waals surface area contributed by atoms with E-state index in [1.54, 1.807) is 11.3 Å². The lowest BCUT2D eigenvalue weighted by Gasteiger charge is -2.09. The van der Waals surface area contributed by atoms with Crippen molar-refractivity contribution >= 4 is 28.6 Å². The lowest BCUT2D eigenvalue weighted by molar-refractivity contribution is 0.0904. The summed E-state index contributed by atoms with van der Waals surface area (Å²) in [6.07, 6.45) is 1.72. The highest BCUT2D eigenvalue weighted by molar-refractivity contribution is 7.22. The fourth-order valence-electron chi connectivity index (χ4n) is 2.04. The molecule has 1 amide bonds. The molecular formula is C14H16N2O2S2. The predicted molar refractivity (Wildman–Crippen MR) is 81.2 cm³/mol. The third-order valence-electron chi connectivity index (χ3n) is 3.37. The molecule has 1 aliphatic carbocycles. The standard InChI is InChI=1S/C14H16N2O2S2/c1-8-12(13(18)15-7-10(17)9-4-5-9)20-14(16-8)11-3-2-6-19-11/h2-3,6,9-10,17H,4-5,7H2,1H3,(H,15,18). The molecule has 2 aromatic rings. The largest absolute Gasteiger partial charge is 0.391 e. The van der Waals surface area contributed by atoms with E-state index in [1.807, 2.05) is 24.4 Å². The number of carbonyl (C=O) groups excluding carboxylic acids is 1. The van der Waals surface area contributed by atoms with Crippen molar-refractivity contribution in [2.75, 3.05) is 6.54 Å². The highest BCUT2D eigenvalue weighted by Crippen LogP contribution is 2.33. The maximum absolute atomic E-state index is 12.1. The van der Waals surface area contributed by atoms with Crippen molar-refractivity contribution in [1.82, 2.24) is 10.3 Å². The van der Waals surface area contributed by atoms with Gasteiger partial charge in [-0.05, 0) is 37.1 Å². The average Bonchev–Trinajstić information content (AvgIpc) is 2.99. The molecule has 1 aliphatic rings. The van der Waals surface area contributed by atoms with Crippen LogP contribution in [0.2, 0.25) is 0 Å². The SMILES string of the molecule is Cc1nc(-c2cccs2)sc1C(=O)NCC(O)C1CC1. The van der Waals surface area contributed by atoms with E-state index >= 15 is 0 Å². The van der Waals surface area contributed by atoms with Gasteiger partial charge in [0, 0.05) is 6.54 Å². The van der Waals surface area contributed by atoms with Gasteiger partial charge in [0.2, 0.25) is 0 Å². The van der Waals surface area contributed by atoms with E-state index in [1.165, 1.54) is 11.3 Å². The average molecular weight is 308 g/mol. The van der Waals surface area contributed by atoms with Gasteiger partial charge in [0.25, 0.3) is 5.91 Å². The van der Waals surface area contributed by atoms with Gasteiger partial charge >= 0.3 is 0 Å². The van der Waals surface area contributed by atoms with Crippen LogP contribution in [0.4, 0.5) is 0 Å². The van der Waals surface area contributed by atoms with E-state index in [4.69, 9.17) is 0 Å². The van der Waals surface area contributed by atoms with Crippen LogP contribution in [0.1, 0.15) is 28.2 Å². The van der Waals surface area contributed by atoms with Gasteiger partial charge in [-0.1, -0.05) is 6.07 Å². The molecule has 0 spiro atoms. The number of thiazole rings is 1. The minimum atomic E-state index is -0.413. The van der Waals surface area contributed by atoms with Gasteiger partial charge in [0.1, 0.15) is 9.88 Å². The van der Waals surface area contributed by atoms with Crippen LogP contribution in [-0.4, -0.2) is 28.6 Å². The van der Waals surface area contributed by atoms with E-state index in [9.17, 15) is 9.90 Å². The lowest BCUT2D eigenvalue weighted by Crippen LogP contribution is -2.33. The Morgan fingerprint density at radius 2 is 2.40 bits per heavy atom. The summed E-state index contributed by atoms with van der Waals surface area (Å²) in [5.41, 5.74) is 0.747. The fourth-order valence-corrected chi connectivity index (χ4v) is 3.82. The fraction of sp³-hybridized carbons (Fsp3) is 0.429. The molecule has 0 bridgehead atoms. The summed E-state index contributed by atoms with van der Waals surface area (Å²) in [5, 5.41) is 15.5. The first-order chi connectivity index (χ1) is 9.65. The van der Waals surface area contributed by atoms with Gasteiger partial charge in [-0.15, -0.1) is 22.7 Å². The van der Waals surface area contributed by atoms with E-state index < -0.39 is 6.10 Å². The summed E-state index contributed by atoms with van der Waals surface area (Å²) in [5.74, 6) is 0.238. The summed E-state index contributed by atoms with van der Waals surface area (Å²) < 4.78 is 0. The monoisotopic (exact) mass is 308 g/mol. The minimum absolute atomic E-state index is 0.137. The van der Waals surface area contributed by atoms with Crippen molar-refractivity contribution in [3.8, 4) is 9.88 Å². The molecule has 0 aliphatic heterocycles. The molecule has 0 radical (unpaired) electrons. The Bertz CT molecular complexity index is 603. The van der Waals surface area contributed by atoms with Gasteiger partial charge in [0.15, 0.2) is 0 Å². The molecule has 4 nitrogen and oxygen atoms in total. The van der Waals surface area contributed by atoms with Crippen molar-refractivity contribution < 1.29 is 9.90 Å². The van der Waals surface area contributed by atoms with Gasteiger partial charge in [-0.2, -0.15) is 0 Å². The summed E-state index contributed by atoms with van der Waals surface area (Å²) >= 11 is 3.02. The number of aliphatic hydroxyl groups is 1. The van der Waals surface area contributed by atoms with Crippen LogP contribution in [0.15, 0.2) is 17.5 Å². The summed E-state index contributed by atoms with van der Waals surface area (Å²) in [4.78, 5) is 18.3. The van der Waals surface area contributed by atoms with Crippen LogP contribution in [0.25, 0.3) is 9.88 Å². The Hall–Kier alpha value is -1.24. The first-order valence-electron chi connectivity index (χ1n) is 6.62. The van der Waals surface area contributed by atoms with Crippen molar-refractivity contribution in [2.24, 2.45) is 5.92 Å². The minimum Gasteiger partial charge on any atom is -0.391 e. The van der Waals surface area contributed by atoms with Gasteiger partial charge in [-0.25, -0.2) is 4.98 Å². The van der Waals surface area contributed by atoms with Crippen LogP contribution in [0.5, 0.6) is 0 Å². The van der Waals surface area contributed by atoms with Crippen LogP contribution in [0.3, 0.4) is 0 Å². The number of carbonyl (C=O) groups is 1. The quantitative estimate of drug-likeness (QED) is 0.892. The highest BCUT2D eigenvalue weighted by Gasteiger charge is 2.30. The number of aromatic nitrogens is 1. The molecule has 1 unspecified atom stereocenters. The van der Waals surface area contributed by atoms with Gasteiger partial charge in [-0.3, -0.25) is 4.79 Å². The Morgan fingerprint density at radius 1 is 1.60 bits per heavy atom. The molecule has 0 aromatic carbocycles. The number of hydrogen-bond acceptors (Lipinski definition) is 5. The second-order valence-electron chi connectivity index (χ2n) is 5.03. The lowest BCUT2D eigenvalue weighted by atomic mass is 10.2. The Kier molecular flexibility index (Phi) is 3.87. The molecule has 2 heterocycles. The van der Waals surface area contributed by atoms with Crippen molar-refractivity contribution in [1.29, 1.82) is 0 Å². The molecular weight excluding hydrogens is 292 g/mol. The molecule has 2 aromatic heterocycles. The zero-order chi connectivity index (χ0) is 14.1. The first-order valence-corrected chi connectivity index (χ1v) is 8.32. The normalized spacial score (nSPS) is 16.1. The third kappa shape index (κ3) is 2.92. The van der Waals surface area contributed by atoms with E-state index in [0.29, 0.717) is 17.3 Å².